The quantitative estimate of drug-likeness (QED) is 0.295. The molecular weight excluding hydrogens is 404 g/mol. The number of ether oxygens (including phenoxy) is 2. The van der Waals surface area contributed by atoms with Crippen LogP contribution in [0, 0.1) is 0 Å². The van der Waals surface area contributed by atoms with Gasteiger partial charge in [0, 0.05) is 0 Å². The molecule has 0 saturated heterocycles. The van der Waals surface area contributed by atoms with Crippen LogP contribution < -0.4 is 14.9 Å². The Bertz CT molecular complexity index is 1160. The second-order valence-electron chi connectivity index (χ2n) is 6.93. The molecule has 0 aliphatic carbocycles. The zero-order chi connectivity index (χ0) is 22.0. The Morgan fingerprint density at radius 3 is 2.09 bits per heavy atom. The van der Waals surface area contributed by atoms with Gasteiger partial charge in [-0.05, 0) is 47.0 Å². The van der Waals surface area contributed by atoms with Crippen LogP contribution in [0.15, 0.2) is 107 Å². The van der Waals surface area contributed by atoms with Crippen LogP contribution in [0.3, 0.4) is 0 Å². The summed E-state index contributed by atoms with van der Waals surface area (Å²) in [6.45, 7) is 0.827. The Hall–Kier alpha value is -4.32. The van der Waals surface area contributed by atoms with Gasteiger partial charge in [0.15, 0.2) is 17.3 Å². The van der Waals surface area contributed by atoms with Crippen molar-refractivity contribution in [3.8, 4) is 11.5 Å². The number of hydrazone groups is 1. The summed E-state index contributed by atoms with van der Waals surface area (Å²) in [4.78, 5) is 11.9. The van der Waals surface area contributed by atoms with Crippen LogP contribution in [0.1, 0.15) is 27.2 Å². The van der Waals surface area contributed by atoms with Crippen molar-refractivity contribution in [1.29, 1.82) is 0 Å². The number of nitrogens with one attached hydrogen (secondary N) is 1. The van der Waals surface area contributed by atoms with E-state index in [4.69, 9.17) is 13.9 Å². The van der Waals surface area contributed by atoms with Gasteiger partial charge >= 0.3 is 5.91 Å². The zero-order valence-electron chi connectivity index (χ0n) is 17.3. The highest BCUT2D eigenvalue weighted by molar-refractivity contribution is 5.92. The van der Waals surface area contributed by atoms with E-state index in [-0.39, 0.29) is 5.76 Å². The molecule has 0 radical (unpaired) electrons. The molecule has 0 saturated carbocycles. The molecule has 6 heteroatoms. The largest absolute Gasteiger partial charge is 0.485 e. The van der Waals surface area contributed by atoms with E-state index in [1.807, 2.05) is 78.9 Å². The molecule has 0 spiro atoms. The Labute approximate surface area is 186 Å². The molecule has 0 bridgehead atoms. The van der Waals surface area contributed by atoms with Crippen molar-refractivity contribution in [3.63, 3.8) is 0 Å². The van der Waals surface area contributed by atoms with E-state index in [0.29, 0.717) is 24.7 Å². The third kappa shape index (κ3) is 5.86. The highest BCUT2D eigenvalue weighted by atomic mass is 16.5. The minimum atomic E-state index is -0.422. The van der Waals surface area contributed by atoms with Gasteiger partial charge in [-0.3, -0.25) is 4.79 Å². The highest BCUT2D eigenvalue weighted by Gasteiger charge is 2.09. The molecule has 4 rings (SSSR count). The van der Waals surface area contributed by atoms with E-state index in [1.165, 1.54) is 12.5 Å². The molecule has 32 heavy (non-hydrogen) atoms. The average molecular weight is 426 g/mol. The van der Waals surface area contributed by atoms with Crippen molar-refractivity contribution in [2.75, 3.05) is 0 Å². The highest BCUT2D eigenvalue weighted by Crippen LogP contribution is 2.29. The van der Waals surface area contributed by atoms with Crippen molar-refractivity contribution >= 4 is 12.1 Å². The smallest absolute Gasteiger partial charge is 0.307 e. The number of carbonyl (C=O) groups excluding carboxylic acids is 1. The summed E-state index contributed by atoms with van der Waals surface area (Å²) in [5.41, 5.74) is 5.30. The second kappa shape index (κ2) is 10.6. The van der Waals surface area contributed by atoms with Crippen LogP contribution in [0.25, 0.3) is 0 Å². The molecular formula is C26H22N2O4. The van der Waals surface area contributed by atoms with Crippen LogP contribution in [0.2, 0.25) is 0 Å². The van der Waals surface area contributed by atoms with Crippen molar-refractivity contribution < 1.29 is 18.7 Å². The lowest BCUT2D eigenvalue weighted by Gasteiger charge is -2.14. The third-order valence-corrected chi connectivity index (χ3v) is 4.57. The molecule has 0 aliphatic rings. The normalized spacial score (nSPS) is 10.8. The van der Waals surface area contributed by atoms with Crippen LogP contribution in [0.4, 0.5) is 0 Å². The molecule has 1 N–H and O–H groups in total. The first-order chi connectivity index (χ1) is 15.8. The van der Waals surface area contributed by atoms with E-state index in [0.717, 1.165) is 16.7 Å². The first-order valence-corrected chi connectivity index (χ1v) is 10.1. The number of hydrogen-bond acceptors (Lipinski definition) is 5. The number of furan rings is 1. The summed E-state index contributed by atoms with van der Waals surface area (Å²) in [5, 5.41) is 4.00. The van der Waals surface area contributed by atoms with Gasteiger partial charge in [0.2, 0.25) is 0 Å². The molecule has 4 aromatic rings. The maximum Gasteiger partial charge on any atom is 0.307 e. The number of carbonyl (C=O) groups is 1. The van der Waals surface area contributed by atoms with Crippen LogP contribution in [-0.2, 0) is 13.2 Å². The summed E-state index contributed by atoms with van der Waals surface area (Å²) in [6.07, 6.45) is 2.97. The maximum atomic E-state index is 11.9. The van der Waals surface area contributed by atoms with Gasteiger partial charge in [-0.15, -0.1) is 0 Å². The first-order valence-electron chi connectivity index (χ1n) is 10.1. The summed E-state index contributed by atoms with van der Waals surface area (Å²) < 4.78 is 17.1. The number of nitrogens with zero attached hydrogens (tertiary/aromatic N) is 1. The summed E-state index contributed by atoms with van der Waals surface area (Å²) in [7, 11) is 0. The molecule has 3 aromatic carbocycles. The fourth-order valence-corrected chi connectivity index (χ4v) is 2.94. The van der Waals surface area contributed by atoms with Crippen LogP contribution in [-0.4, -0.2) is 12.1 Å². The van der Waals surface area contributed by atoms with E-state index in [1.54, 1.807) is 12.1 Å². The fraction of sp³-hybridized carbons (Fsp3) is 0.0769. The lowest BCUT2D eigenvalue weighted by Crippen LogP contribution is -2.16. The van der Waals surface area contributed by atoms with E-state index >= 15 is 0 Å². The number of benzene rings is 3. The maximum absolute atomic E-state index is 11.9. The molecule has 1 aromatic heterocycles. The SMILES string of the molecule is O=C(NN=Cc1ccc(OCc2ccccc2)c(OCc2ccccc2)c1)c1ccco1. The molecule has 0 fully saturated rings. The molecule has 160 valence electrons. The Morgan fingerprint density at radius 1 is 0.812 bits per heavy atom. The molecule has 0 unspecified atom stereocenters. The van der Waals surface area contributed by atoms with Crippen LogP contribution >= 0.6 is 0 Å². The monoisotopic (exact) mass is 426 g/mol. The predicted molar refractivity (Wildman–Crippen MR) is 122 cm³/mol. The van der Waals surface area contributed by atoms with Crippen LogP contribution in [0.5, 0.6) is 11.5 Å². The van der Waals surface area contributed by atoms with Crippen molar-refractivity contribution in [2.24, 2.45) is 5.10 Å². The summed E-state index contributed by atoms with van der Waals surface area (Å²) in [6, 6.07) is 28.5. The standard InChI is InChI=1S/C26H22N2O4/c29-26(24-12-7-15-30-24)28-27-17-22-13-14-23(31-18-20-8-3-1-4-9-20)25(16-22)32-19-21-10-5-2-6-11-21/h1-17H,18-19H2,(H,28,29). The molecule has 0 atom stereocenters. The van der Waals surface area contributed by atoms with Crippen molar-refractivity contribution in [2.45, 2.75) is 13.2 Å². The number of amides is 1. The molecule has 1 amide bonds. The van der Waals surface area contributed by atoms with E-state index < -0.39 is 5.91 Å². The van der Waals surface area contributed by atoms with Gasteiger partial charge in [0.25, 0.3) is 0 Å². The van der Waals surface area contributed by atoms with Gasteiger partial charge in [-0.2, -0.15) is 5.10 Å². The van der Waals surface area contributed by atoms with Gasteiger partial charge in [0.1, 0.15) is 13.2 Å². The third-order valence-electron chi connectivity index (χ3n) is 4.57. The van der Waals surface area contributed by atoms with Crippen molar-refractivity contribution in [3.05, 3.63) is 120 Å². The lowest BCUT2D eigenvalue weighted by atomic mass is 10.2. The van der Waals surface area contributed by atoms with Gasteiger partial charge in [0.05, 0.1) is 12.5 Å². The zero-order valence-corrected chi connectivity index (χ0v) is 17.3. The number of rotatable bonds is 9. The minimum Gasteiger partial charge on any atom is -0.485 e. The number of hydrogen-bond donors (Lipinski definition) is 1. The summed E-state index contributed by atoms with van der Waals surface area (Å²) >= 11 is 0. The molecule has 6 nitrogen and oxygen atoms in total. The molecule has 0 aliphatic heterocycles. The predicted octanol–water partition coefficient (Wildman–Crippen LogP) is 5.20. The Kier molecular flexibility index (Phi) is 6.95. The van der Waals surface area contributed by atoms with Gasteiger partial charge < -0.3 is 13.9 Å². The van der Waals surface area contributed by atoms with Gasteiger partial charge in [-0.1, -0.05) is 60.7 Å². The second-order valence-corrected chi connectivity index (χ2v) is 6.93. The van der Waals surface area contributed by atoms with Gasteiger partial charge in [-0.25, -0.2) is 5.43 Å². The lowest BCUT2D eigenvalue weighted by molar-refractivity contribution is 0.0927. The van der Waals surface area contributed by atoms with E-state index in [9.17, 15) is 4.79 Å². The fourth-order valence-electron chi connectivity index (χ4n) is 2.94. The Morgan fingerprint density at radius 2 is 1.47 bits per heavy atom. The van der Waals surface area contributed by atoms with Crippen molar-refractivity contribution in [1.82, 2.24) is 5.43 Å². The first kappa shape index (κ1) is 20.9. The summed E-state index contributed by atoms with van der Waals surface area (Å²) in [5.74, 6) is 0.987. The van der Waals surface area contributed by atoms with E-state index in [2.05, 4.69) is 10.5 Å². The minimum absolute atomic E-state index is 0.193. The average Bonchev–Trinajstić information content (AvgIpc) is 3.39. The Balaban J connectivity index is 1.47. The topological polar surface area (TPSA) is 73.1 Å². The molecule has 1 heterocycles.